The van der Waals surface area contributed by atoms with Crippen LogP contribution in [0.3, 0.4) is 0 Å². The average Bonchev–Trinajstić information content (AvgIpc) is 3.25. The Bertz CT molecular complexity index is 741. The van der Waals surface area contributed by atoms with E-state index in [2.05, 4.69) is 5.32 Å². The Balaban J connectivity index is 1.36. The van der Waals surface area contributed by atoms with Crippen LogP contribution in [-0.2, 0) is 16.2 Å². The maximum Gasteiger partial charge on any atom is 0.258 e. The van der Waals surface area contributed by atoms with Gasteiger partial charge in [-0.05, 0) is 42.7 Å². The second kappa shape index (κ2) is 9.62. The molecular weight excluding hydrogens is 344 g/mol. The van der Waals surface area contributed by atoms with E-state index in [4.69, 9.17) is 9.47 Å². The number of ether oxygens (including phenoxy) is 2. The predicted molar refractivity (Wildman–Crippen MR) is 102 cm³/mol. The number of carbonyl (C=O) groups excluding carboxylic acids is 2. The fourth-order valence-electron chi connectivity index (χ4n) is 2.83. The summed E-state index contributed by atoms with van der Waals surface area (Å²) in [7, 11) is 0. The van der Waals surface area contributed by atoms with E-state index < -0.39 is 0 Å². The van der Waals surface area contributed by atoms with Gasteiger partial charge >= 0.3 is 0 Å². The van der Waals surface area contributed by atoms with Gasteiger partial charge in [-0.25, -0.2) is 0 Å². The van der Waals surface area contributed by atoms with Crippen LogP contribution < -0.4 is 14.8 Å². The van der Waals surface area contributed by atoms with Crippen LogP contribution in [-0.4, -0.2) is 43.0 Å². The van der Waals surface area contributed by atoms with Crippen molar-refractivity contribution in [2.75, 3.05) is 26.2 Å². The first-order valence-electron chi connectivity index (χ1n) is 9.15. The van der Waals surface area contributed by atoms with Gasteiger partial charge in [0.2, 0.25) is 5.91 Å². The van der Waals surface area contributed by atoms with E-state index in [1.807, 2.05) is 30.3 Å². The molecule has 6 heteroatoms. The van der Waals surface area contributed by atoms with Crippen molar-refractivity contribution in [2.45, 2.75) is 19.4 Å². The maximum absolute atomic E-state index is 11.9. The maximum atomic E-state index is 11.9. The van der Waals surface area contributed by atoms with Crippen LogP contribution in [0.5, 0.6) is 11.5 Å². The first-order chi connectivity index (χ1) is 13.2. The molecule has 0 aliphatic carbocycles. The molecule has 1 saturated heterocycles. The van der Waals surface area contributed by atoms with Crippen LogP contribution in [0.15, 0.2) is 54.6 Å². The normalized spacial score (nSPS) is 13.3. The number of carbonyl (C=O) groups is 2. The number of hydrogen-bond acceptors (Lipinski definition) is 4. The van der Waals surface area contributed by atoms with E-state index in [0.29, 0.717) is 12.4 Å². The average molecular weight is 368 g/mol. The summed E-state index contributed by atoms with van der Waals surface area (Å²) in [5.74, 6) is 0.947. The topological polar surface area (TPSA) is 67.9 Å². The molecule has 1 aliphatic heterocycles. The van der Waals surface area contributed by atoms with Crippen LogP contribution in [0, 0.1) is 0 Å². The summed E-state index contributed by atoms with van der Waals surface area (Å²) in [5, 5.41) is 2.60. The largest absolute Gasteiger partial charge is 0.489 e. The van der Waals surface area contributed by atoms with E-state index in [-0.39, 0.29) is 25.0 Å². The molecule has 0 unspecified atom stereocenters. The van der Waals surface area contributed by atoms with Gasteiger partial charge < -0.3 is 19.7 Å². The minimum atomic E-state index is -0.313. The Morgan fingerprint density at radius 2 is 1.52 bits per heavy atom. The summed E-state index contributed by atoms with van der Waals surface area (Å²) in [6.45, 7) is 1.95. The van der Waals surface area contributed by atoms with Crippen LogP contribution >= 0.6 is 0 Å². The van der Waals surface area contributed by atoms with Crippen LogP contribution in [0.25, 0.3) is 0 Å². The second-order valence-corrected chi connectivity index (χ2v) is 6.40. The number of likely N-dealkylation sites (tertiary alicyclic amines) is 1. The van der Waals surface area contributed by atoms with E-state index in [0.717, 1.165) is 37.2 Å². The SMILES string of the molecule is O=C(COc1ccc(OCc2ccccc2)cc1)NCC(=O)N1CCCC1. The lowest BCUT2D eigenvalue weighted by Gasteiger charge is -2.15. The number of nitrogens with zero attached hydrogens (tertiary/aromatic N) is 1. The van der Waals surface area contributed by atoms with Crippen LogP contribution in [0.4, 0.5) is 0 Å². The van der Waals surface area contributed by atoms with Gasteiger partial charge in [0.1, 0.15) is 18.1 Å². The molecule has 0 bridgehead atoms. The molecule has 27 heavy (non-hydrogen) atoms. The van der Waals surface area contributed by atoms with Crippen molar-refractivity contribution in [1.82, 2.24) is 10.2 Å². The molecule has 0 atom stereocenters. The zero-order chi connectivity index (χ0) is 18.9. The third kappa shape index (κ3) is 6.02. The molecule has 1 heterocycles. The van der Waals surface area contributed by atoms with E-state index >= 15 is 0 Å². The van der Waals surface area contributed by atoms with Gasteiger partial charge in [-0.3, -0.25) is 9.59 Å². The van der Waals surface area contributed by atoms with Crippen LogP contribution in [0.1, 0.15) is 18.4 Å². The van der Waals surface area contributed by atoms with Gasteiger partial charge in [-0.1, -0.05) is 30.3 Å². The summed E-state index contributed by atoms with van der Waals surface area (Å²) in [5.41, 5.74) is 1.10. The number of amides is 2. The van der Waals surface area contributed by atoms with E-state index in [1.165, 1.54) is 0 Å². The first kappa shape index (κ1) is 18.8. The smallest absolute Gasteiger partial charge is 0.258 e. The van der Waals surface area contributed by atoms with Gasteiger partial charge in [-0.2, -0.15) is 0 Å². The summed E-state index contributed by atoms with van der Waals surface area (Å²) in [6, 6.07) is 17.0. The molecule has 0 spiro atoms. The Labute approximate surface area is 159 Å². The summed E-state index contributed by atoms with van der Waals surface area (Å²) in [4.78, 5) is 25.5. The quantitative estimate of drug-likeness (QED) is 0.777. The Morgan fingerprint density at radius 3 is 2.19 bits per heavy atom. The molecule has 1 fully saturated rings. The standard InChI is InChI=1S/C21H24N2O4/c24-20(22-14-21(25)23-12-4-5-13-23)16-27-19-10-8-18(9-11-19)26-15-17-6-2-1-3-7-17/h1-3,6-11H,4-5,12-16H2,(H,22,24). The number of benzene rings is 2. The lowest BCUT2D eigenvalue weighted by atomic mass is 10.2. The van der Waals surface area contributed by atoms with Gasteiger partial charge in [0.15, 0.2) is 6.61 Å². The second-order valence-electron chi connectivity index (χ2n) is 6.40. The molecule has 1 aliphatic rings. The molecule has 0 aromatic heterocycles. The minimum absolute atomic E-state index is 0.0223. The zero-order valence-electron chi connectivity index (χ0n) is 15.2. The highest BCUT2D eigenvalue weighted by molar-refractivity contribution is 5.85. The van der Waals surface area contributed by atoms with Crippen LogP contribution in [0.2, 0.25) is 0 Å². The third-order valence-electron chi connectivity index (χ3n) is 4.34. The van der Waals surface area contributed by atoms with Gasteiger partial charge in [0, 0.05) is 13.1 Å². The van der Waals surface area contributed by atoms with E-state index in [9.17, 15) is 9.59 Å². The minimum Gasteiger partial charge on any atom is -0.489 e. The zero-order valence-corrected chi connectivity index (χ0v) is 15.2. The van der Waals surface area contributed by atoms with Gasteiger partial charge in [0.25, 0.3) is 5.91 Å². The van der Waals surface area contributed by atoms with Gasteiger partial charge in [0.05, 0.1) is 6.54 Å². The molecule has 0 radical (unpaired) electrons. The van der Waals surface area contributed by atoms with Crippen molar-refractivity contribution in [3.05, 3.63) is 60.2 Å². The van der Waals surface area contributed by atoms with E-state index in [1.54, 1.807) is 29.2 Å². The van der Waals surface area contributed by atoms with Crippen molar-refractivity contribution in [1.29, 1.82) is 0 Å². The van der Waals surface area contributed by atoms with Crippen molar-refractivity contribution in [3.8, 4) is 11.5 Å². The Hall–Kier alpha value is -3.02. The molecule has 2 aromatic rings. The number of nitrogens with one attached hydrogen (secondary N) is 1. The predicted octanol–water partition coefficient (Wildman–Crippen LogP) is 2.38. The highest BCUT2D eigenvalue weighted by Gasteiger charge is 2.18. The lowest BCUT2D eigenvalue weighted by Crippen LogP contribution is -2.40. The summed E-state index contributed by atoms with van der Waals surface area (Å²) >= 11 is 0. The summed E-state index contributed by atoms with van der Waals surface area (Å²) in [6.07, 6.45) is 2.07. The molecule has 6 nitrogen and oxygen atoms in total. The highest BCUT2D eigenvalue weighted by atomic mass is 16.5. The Kier molecular flexibility index (Phi) is 6.68. The molecule has 142 valence electrons. The fraction of sp³-hybridized carbons (Fsp3) is 0.333. The number of hydrogen-bond donors (Lipinski definition) is 1. The molecule has 3 rings (SSSR count). The fourth-order valence-corrected chi connectivity index (χ4v) is 2.83. The molecule has 0 saturated carbocycles. The summed E-state index contributed by atoms with van der Waals surface area (Å²) < 4.78 is 11.2. The first-order valence-corrected chi connectivity index (χ1v) is 9.15. The van der Waals surface area contributed by atoms with Crippen molar-refractivity contribution in [2.24, 2.45) is 0 Å². The third-order valence-corrected chi connectivity index (χ3v) is 4.34. The highest BCUT2D eigenvalue weighted by Crippen LogP contribution is 2.18. The monoisotopic (exact) mass is 368 g/mol. The van der Waals surface area contributed by atoms with Crippen molar-refractivity contribution >= 4 is 11.8 Å². The molecule has 1 N–H and O–H groups in total. The van der Waals surface area contributed by atoms with Crippen molar-refractivity contribution < 1.29 is 19.1 Å². The van der Waals surface area contributed by atoms with Gasteiger partial charge in [-0.15, -0.1) is 0 Å². The number of rotatable bonds is 8. The molecule has 2 aromatic carbocycles. The van der Waals surface area contributed by atoms with Crippen molar-refractivity contribution in [3.63, 3.8) is 0 Å². The molecule has 2 amide bonds. The Morgan fingerprint density at radius 1 is 0.889 bits per heavy atom. The lowest BCUT2D eigenvalue weighted by molar-refractivity contribution is -0.132. The molecular formula is C21H24N2O4.